The maximum atomic E-state index is 10.8. The molecule has 0 saturated heterocycles. The highest BCUT2D eigenvalue weighted by Gasteiger charge is 2.14. The Morgan fingerprint density at radius 2 is 2.14 bits per heavy atom. The van der Waals surface area contributed by atoms with Gasteiger partial charge in [0.05, 0.1) is 16.9 Å². The molecule has 0 atom stereocenters. The fourth-order valence-corrected chi connectivity index (χ4v) is 2.24. The van der Waals surface area contributed by atoms with Crippen LogP contribution in [0.3, 0.4) is 0 Å². The Morgan fingerprint density at radius 1 is 1.29 bits per heavy atom. The first-order valence-corrected chi connectivity index (χ1v) is 6.67. The minimum atomic E-state index is -0.473. The third-order valence-electron chi connectivity index (χ3n) is 2.96. The number of halogens is 1. The number of aromatic nitrogens is 2. The molecule has 6 nitrogen and oxygen atoms in total. The Kier molecular flexibility index (Phi) is 3.45. The van der Waals surface area contributed by atoms with Crippen molar-refractivity contribution in [3.63, 3.8) is 0 Å². The smallest absolute Gasteiger partial charge is 0.273 e. The Balaban J connectivity index is 2.01. The maximum absolute atomic E-state index is 10.8. The highest BCUT2D eigenvalue weighted by atomic mass is 35.5. The summed E-state index contributed by atoms with van der Waals surface area (Å²) in [5, 5.41) is 10.8. The molecule has 0 amide bonds. The lowest BCUT2D eigenvalue weighted by Crippen LogP contribution is -1.93. The van der Waals surface area contributed by atoms with Gasteiger partial charge in [0.2, 0.25) is 5.88 Å². The molecule has 0 unspecified atom stereocenters. The average Bonchev–Trinajstić information content (AvgIpc) is 2.84. The third-order valence-corrected chi connectivity index (χ3v) is 3.21. The lowest BCUT2D eigenvalue weighted by atomic mass is 10.3. The van der Waals surface area contributed by atoms with Crippen molar-refractivity contribution in [2.24, 2.45) is 0 Å². The molecule has 2 aromatic heterocycles. The summed E-state index contributed by atoms with van der Waals surface area (Å²) in [6.45, 7) is 0. The van der Waals surface area contributed by atoms with Crippen LogP contribution in [0, 0.1) is 10.1 Å². The first kappa shape index (κ1) is 13.4. The molecule has 3 aromatic rings. The summed E-state index contributed by atoms with van der Waals surface area (Å²) in [5.41, 5.74) is 1.36. The number of imidazole rings is 1. The van der Waals surface area contributed by atoms with Gasteiger partial charge in [-0.2, -0.15) is 4.98 Å². The number of ether oxygens (including phenoxy) is 1. The summed E-state index contributed by atoms with van der Waals surface area (Å²) in [4.78, 5) is 14.6. The van der Waals surface area contributed by atoms with Gasteiger partial charge < -0.3 is 4.74 Å². The number of fused-ring (bicyclic) bond motifs is 1. The molecule has 7 heteroatoms. The standard InChI is InChI=1S/C14H10ClN3O3/c15-9-12-14(16-13-6-1-2-7-17(12)13)21-11-5-3-4-10(8-11)18(19)20/h1-8H,9H2. The number of hydrogen-bond acceptors (Lipinski definition) is 4. The van der Waals surface area contributed by atoms with Crippen molar-refractivity contribution < 1.29 is 9.66 Å². The molecule has 1 aromatic carbocycles. The van der Waals surface area contributed by atoms with Crippen molar-refractivity contribution in [2.75, 3.05) is 0 Å². The number of benzene rings is 1. The van der Waals surface area contributed by atoms with E-state index in [1.165, 1.54) is 12.1 Å². The van der Waals surface area contributed by atoms with Gasteiger partial charge in [-0.15, -0.1) is 11.6 Å². The molecule has 0 spiro atoms. The Hall–Kier alpha value is -2.60. The molecular weight excluding hydrogens is 294 g/mol. The molecule has 21 heavy (non-hydrogen) atoms. The van der Waals surface area contributed by atoms with Gasteiger partial charge in [-0.3, -0.25) is 14.5 Å². The molecule has 0 N–H and O–H groups in total. The van der Waals surface area contributed by atoms with E-state index in [-0.39, 0.29) is 11.6 Å². The number of non-ortho nitro benzene ring substituents is 1. The van der Waals surface area contributed by atoms with Crippen molar-refractivity contribution in [1.82, 2.24) is 9.38 Å². The van der Waals surface area contributed by atoms with E-state index < -0.39 is 4.92 Å². The summed E-state index contributed by atoms with van der Waals surface area (Å²) in [7, 11) is 0. The van der Waals surface area contributed by atoms with Crippen LogP contribution in [-0.2, 0) is 5.88 Å². The second-order valence-electron chi connectivity index (χ2n) is 4.28. The first-order valence-electron chi connectivity index (χ1n) is 6.13. The summed E-state index contributed by atoms with van der Waals surface area (Å²) < 4.78 is 7.47. The molecule has 0 aliphatic carbocycles. The monoisotopic (exact) mass is 303 g/mol. The second-order valence-corrected chi connectivity index (χ2v) is 4.55. The van der Waals surface area contributed by atoms with Crippen LogP contribution in [0.4, 0.5) is 5.69 Å². The largest absolute Gasteiger partial charge is 0.437 e. The molecule has 0 radical (unpaired) electrons. The molecule has 106 valence electrons. The number of nitrogens with zero attached hydrogens (tertiary/aromatic N) is 3. The fraction of sp³-hybridized carbons (Fsp3) is 0.0714. The lowest BCUT2D eigenvalue weighted by molar-refractivity contribution is -0.384. The first-order chi connectivity index (χ1) is 10.2. The lowest BCUT2D eigenvalue weighted by Gasteiger charge is -2.04. The van der Waals surface area contributed by atoms with Crippen LogP contribution in [0.25, 0.3) is 5.65 Å². The van der Waals surface area contributed by atoms with E-state index in [4.69, 9.17) is 16.3 Å². The van der Waals surface area contributed by atoms with Crippen molar-refractivity contribution >= 4 is 22.9 Å². The number of hydrogen-bond donors (Lipinski definition) is 0. The molecule has 0 fully saturated rings. The quantitative estimate of drug-likeness (QED) is 0.418. The zero-order valence-electron chi connectivity index (χ0n) is 10.8. The van der Waals surface area contributed by atoms with Gasteiger partial charge in [0.1, 0.15) is 17.1 Å². The highest BCUT2D eigenvalue weighted by molar-refractivity contribution is 6.17. The van der Waals surface area contributed by atoms with E-state index in [1.807, 2.05) is 28.8 Å². The van der Waals surface area contributed by atoms with Gasteiger partial charge in [-0.1, -0.05) is 12.1 Å². The Bertz CT molecular complexity index is 816. The van der Waals surface area contributed by atoms with Crippen molar-refractivity contribution in [3.05, 3.63) is 64.5 Å². The molecule has 2 heterocycles. The van der Waals surface area contributed by atoms with Gasteiger partial charge in [0, 0.05) is 12.3 Å². The Labute approximate surface area is 124 Å². The second kappa shape index (κ2) is 5.41. The minimum absolute atomic E-state index is 0.0383. The number of alkyl halides is 1. The summed E-state index contributed by atoms with van der Waals surface area (Å²) >= 11 is 5.95. The molecule has 0 saturated carbocycles. The normalized spacial score (nSPS) is 10.7. The summed E-state index contributed by atoms with van der Waals surface area (Å²) in [5.74, 6) is 0.908. The van der Waals surface area contributed by atoms with Crippen LogP contribution in [-0.4, -0.2) is 14.3 Å². The molecule has 0 aliphatic heterocycles. The van der Waals surface area contributed by atoms with Crippen molar-refractivity contribution in [2.45, 2.75) is 5.88 Å². The predicted octanol–water partition coefficient (Wildman–Crippen LogP) is 3.77. The summed E-state index contributed by atoms with van der Waals surface area (Å²) in [6, 6.07) is 11.5. The number of nitro benzene ring substituents is 1. The van der Waals surface area contributed by atoms with Crippen molar-refractivity contribution in [3.8, 4) is 11.6 Å². The molecule has 3 rings (SSSR count). The minimum Gasteiger partial charge on any atom is -0.437 e. The number of nitro groups is 1. The van der Waals surface area contributed by atoms with Crippen LogP contribution in [0.2, 0.25) is 0 Å². The van der Waals surface area contributed by atoms with E-state index in [0.717, 1.165) is 0 Å². The van der Waals surface area contributed by atoms with Gasteiger partial charge in [0.25, 0.3) is 5.69 Å². The Morgan fingerprint density at radius 3 is 2.90 bits per heavy atom. The molecule has 0 bridgehead atoms. The van der Waals surface area contributed by atoms with Crippen LogP contribution < -0.4 is 4.74 Å². The zero-order chi connectivity index (χ0) is 14.8. The van der Waals surface area contributed by atoms with Crippen LogP contribution in [0.5, 0.6) is 11.6 Å². The van der Waals surface area contributed by atoms with E-state index in [0.29, 0.717) is 23.0 Å². The van der Waals surface area contributed by atoms with Crippen molar-refractivity contribution in [1.29, 1.82) is 0 Å². The number of pyridine rings is 1. The van der Waals surface area contributed by atoms with Gasteiger partial charge >= 0.3 is 0 Å². The van der Waals surface area contributed by atoms with E-state index >= 15 is 0 Å². The van der Waals surface area contributed by atoms with Crippen LogP contribution >= 0.6 is 11.6 Å². The SMILES string of the molecule is O=[N+]([O-])c1cccc(Oc2nc3ccccn3c2CCl)c1. The molecule has 0 aliphatic rings. The van der Waals surface area contributed by atoms with E-state index in [2.05, 4.69) is 4.98 Å². The van der Waals surface area contributed by atoms with Gasteiger partial charge in [-0.25, -0.2) is 0 Å². The maximum Gasteiger partial charge on any atom is 0.273 e. The predicted molar refractivity (Wildman–Crippen MR) is 77.9 cm³/mol. The third kappa shape index (κ3) is 2.53. The molecular formula is C14H10ClN3O3. The number of rotatable bonds is 4. The summed E-state index contributed by atoms with van der Waals surface area (Å²) in [6.07, 6.45) is 1.83. The van der Waals surface area contributed by atoms with E-state index in [9.17, 15) is 10.1 Å². The average molecular weight is 304 g/mol. The van der Waals surface area contributed by atoms with Gasteiger partial charge in [-0.05, 0) is 18.2 Å². The highest BCUT2D eigenvalue weighted by Crippen LogP contribution is 2.28. The fourth-order valence-electron chi connectivity index (χ4n) is 2.00. The topological polar surface area (TPSA) is 69.7 Å². The zero-order valence-corrected chi connectivity index (χ0v) is 11.5. The van der Waals surface area contributed by atoms with Gasteiger partial charge in [0.15, 0.2) is 0 Å². The van der Waals surface area contributed by atoms with Crippen LogP contribution in [0.1, 0.15) is 5.69 Å². The van der Waals surface area contributed by atoms with E-state index in [1.54, 1.807) is 12.1 Å². The van der Waals surface area contributed by atoms with Crippen LogP contribution in [0.15, 0.2) is 48.7 Å².